The minimum Gasteiger partial charge on any atom is -0.434 e. The number of nitrogens with zero attached hydrogens (tertiary/aromatic N) is 3. The lowest BCUT2D eigenvalue weighted by Gasteiger charge is -2.21. The maximum absolute atomic E-state index is 15.0. The molecule has 0 aliphatic carbocycles. The third-order valence-corrected chi connectivity index (χ3v) is 4.07. The zero-order chi connectivity index (χ0) is 20.6. The van der Waals surface area contributed by atoms with Gasteiger partial charge in [0, 0.05) is 17.7 Å². The number of fused-ring (bicyclic) bond motifs is 1. The summed E-state index contributed by atoms with van der Waals surface area (Å²) in [4.78, 5) is 29.3. The quantitative estimate of drug-likeness (QED) is 0.566. The van der Waals surface area contributed by atoms with Gasteiger partial charge in [-0.2, -0.15) is 0 Å². The molecule has 3 N–H and O–H groups in total. The number of benzene rings is 1. The van der Waals surface area contributed by atoms with E-state index in [2.05, 4.69) is 5.16 Å². The summed E-state index contributed by atoms with van der Waals surface area (Å²) in [7, 11) is 0. The van der Waals surface area contributed by atoms with Crippen LogP contribution in [0.2, 0.25) is 0 Å². The van der Waals surface area contributed by atoms with Gasteiger partial charge in [0.15, 0.2) is 17.5 Å². The first-order chi connectivity index (χ1) is 13.1. The number of nitrogens with two attached hydrogens (primary N) is 1. The van der Waals surface area contributed by atoms with Gasteiger partial charge in [-0.15, -0.1) is 0 Å². The zero-order valence-electron chi connectivity index (χ0n) is 15.6. The van der Waals surface area contributed by atoms with Gasteiger partial charge in [0.25, 0.3) is 5.91 Å². The van der Waals surface area contributed by atoms with E-state index in [9.17, 15) is 9.59 Å². The van der Waals surface area contributed by atoms with Gasteiger partial charge in [-0.05, 0) is 25.9 Å². The SMILES string of the molecule is CC(C)(C)n1/c(=N\OCCO)oc2cc(N3C[C@H](C(N)=O)OC3=O)cc(F)c21. The third-order valence-electron chi connectivity index (χ3n) is 4.07. The van der Waals surface area contributed by atoms with Gasteiger partial charge in [0.05, 0.1) is 18.8 Å². The number of carbonyl (C=O) groups excluding carboxylic acids is 2. The fraction of sp³-hybridized carbons (Fsp3) is 0.471. The first kappa shape index (κ1) is 19.7. The van der Waals surface area contributed by atoms with Crippen molar-refractivity contribution in [2.75, 3.05) is 24.7 Å². The molecule has 1 aromatic carbocycles. The number of hydrogen-bond donors (Lipinski definition) is 2. The molecule has 1 fully saturated rings. The van der Waals surface area contributed by atoms with Crippen molar-refractivity contribution in [1.82, 2.24) is 4.57 Å². The second kappa shape index (κ2) is 7.15. The average molecular weight is 396 g/mol. The number of cyclic esters (lactones) is 1. The van der Waals surface area contributed by atoms with Crippen molar-refractivity contribution in [2.24, 2.45) is 10.9 Å². The summed E-state index contributed by atoms with van der Waals surface area (Å²) in [6.45, 7) is 5.07. The summed E-state index contributed by atoms with van der Waals surface area (Å²) >= 11 is 0. The van der Waals surface area contributed by atoms with E-state index in [0.29, 0.717) is 0 Å². The maximum Gasteiger partial charge on any atom is 0.415 e. The van der Waals surface area contributed by atoms with E-state index in [1.165, 1.54) is 10.6 Å². The Balaban J connectivity index is 2.13. The Hall–Kier alpha value is -3.08. The predicted molar refractivity (Wildman–Crippen MR) is 94.6 cm³/mol. The Bertz CT molecular complexity index is 990. The molecule has 0 radical (unpaired) electrons. The Morgan fingerprint density at radius 1 is 1.46 bits per heavy atom. The van der Waals surface area contributed by atoms with Crippen LogP contribution in [0, 0.1) is 5.82 Å². The topological polar surface area (TPSA) is 133 Å². The van der Waals surface area contributed by atoms with E-state index in [0.717, 1.165) is 11.0 Å². The molecule has 1 aromatic heterocycles. The molecule has 1 atom stereocenters. The molecule has 28 heavy (non-hydrogen) atoms. The highest BCUT2D eigenvalue weighted by Crippen LogP contribution is 2.30. The zero-order valence-corrected chi connectivity index (χ0v) is 15.6. The summed E-state index contributed by atoms with van der Waals surface area (Å²) in [6, 6.07) is 2.58. The number of carbonyl (C=O) groups is 2. The Labute approximate surface area is 158 Å². The molecule has 1 aliphatic rings. The van der Waals surface area contributed by atoms with Crippen LogP contribution in [-0.2, 0) is 19.9 Å². The van der Waals surface area contributed by atoms with Crippen molar-refractivity contribution in [1.29, 1.82) is 0 Å². The lowest BCUT2D eigenvalue weighted by atomic mass is 10.1. The van der Waals surface area contributed by atoms with Crippen LogP contribution in [0.15, 0.2) is 21.7 Å². The Morgan fingerprint density at radius 3 is 2.75 bits per heavy atom. The molecule has 152 valence electrons. The molecular formula is C17H21FN4O6. The lowest BCUT2D eigenvalue weighted by molar-refractivity contribution is -0.124. The fourth-order valence-corrected chi connectivity index (χ4v) is 2.90. The summed E-state index contributed by atoms with van der Waals surface area (Å²) in [5.41, 5.74) is 4.94. The molecule has 0 unspecified atom stereocenters. The Morgan fingerprint density at radius 2 is 2.18 bits per heavy atom. The normalized spacial score (nSPS) is 18.0. The number of aliphatic hydroxyl groups is 1. The summed E-state index contributed by atoms with van der Waals surface area (Å²) in [6.07, 6.45) is -1.92. The van der Waals surface area contributed by atoms with E-state index in [-0.39, 0.29) is 42.2 Å². The number of amides is 2. The first-order valence-corrected chi connectivity index (χ1v) is 8.53. The van der Waals surface area contributed by atoms with Gasteiger partial charge in [-0.25, -0.2) is 9.18 Å². The number of hydrogen-bond acceptors (Lipinski definition) is 7. The second-order valence-electron chi connectivity index (χ2n) is 7.20. The number of aromatic nitrogens is 1. The van der Waals surface area contributed by atoms with Gasteiger partial charge in [-0.3, -0.25) is 14.3 Å². The van der Waals surface area contributed by atoms with Crippen LogP contribution in [0.25, 0.3) is 11.1 Å². The van der Waals surface area contributed by atoms with Crippen LogP contribution in [0.4, 0.5) is 14.9 Å². The van der Waals surface area contributed by atoms with Gasteiger partial charge < -0.3 is 24.8 Å². The van der Waals surface area contributed by atoms with E-state index >= 15 is 4.39 Å². The van der Waals surface area contributed by atoms with Gasteiger partial charge in [0.2, 0.25) is 0 Å². The van der Waals surface area contributed by atoms with Gasteiger partial charge in [0.1, 0.15) is 12.1 Å². The summed E-state index contributed by atoms with van der Waals surface area (Å²) < 4.78 is 27.0. The number of halogens is 1. The monoisotopic (exact) mass is 396 g/mol. The number of anilines is 1. The molecule has 2 amide bonds. The number of primary amides is 1. The summed E-state index contributed by atoms with van der Waals surface area (Å²) in [5.74, 6) is -1.45. The van der Waals surface area contributed by atoms with Crippen LogP contribution < -0.4 is 16.3 Å². The van der Waals surface area contributed by atoms with Gasteiger partial charge >= 0.3 is 11.8 Å². The predicted octanol–water partition coefficient (Wildman–Crippen LogP) is 0.763. The van der Waals surface area contributed by atoms with Crippen molar-refractivity contribution in [3.05, 3.63) is 23.6 Å². The minimum atomic E-state index is -1.11. The Kier molecular flexibility index (Phi) is 5.02. The smallest absolute Gasteiger partial charge is 0.415 e. The highest BCUT2D eigenvalue weighted by Gasteiger charge is 2.36. The molecule has 11 heteroatoms. The molecule has 3 rings (SSSR count). The highest BCUT2D eigenvalue weighted by molar-refractivity contribution is 5.96. The molecule has 10 nitrogen and oxygen atoms in total. The maximum atomic E-state index is 15.0. The molecule has 2 heterocycles. The van der Waals surface area contributed by atoms with Crippen molar-refractivity contribution in [2.45, 2.75) is 32.4 Å². The van der Waals surface area contributed by atoms with Crippen LogP contribution in [0.3, 0.4) is 0 Å². The molecule has 0 spiro atoms. The summed E-state index contributed by atoms with van der Waals surface area (Å²) in [5, 5.41) is 12.7. The molecule has 0 saturated carbocycles. The van der Waals surface area contributed by atoms with Crippen LogP contribution in [0.1, 0.15) is 20.8 Å². The minimum absolute atomic E-state index is 0.00832. The van der Waals surface area contributed by atoms with E-state index in [4.69, 9.17) is 24.8 Å². The van der Waals surface area contributed by atoms with Crippen LogP contribution in [0.5, 0.6) is 0 Å². The number of aliphatic hydroxyl groups excluding tert-OH is 1. The van der Waals surface area contributed by atoms with Crippen molar-refractivity contribution in [3.63, 3.8) is 0 Å². The first-order valence-electron chi connectivity index (χ1n) is 8.53. The average Bonchev–Trinajstić information content (AvgIpc) is 3.15. The van der Waals surface area contributed by atoms with Crippen molar-refractivity contribution in [3.8, 4) is 0 Å². The highest BCUT2D eigenvalue weighted by atomic mass is 19.1. The largest absolute Gasteiger partial charge is 0.434 e. The molecular weight excluding hydrogens is 375 g/mol. The van der Waals surface area contributed by atoms with Crippen LogP contribution in [-0.4, -0.2) is 47.5 Å². The number of ether oxygens (including phenoxy) is 1. The molecule has 1 saturated heterocycles. The molecule has 2 aromatic rings. The second-order valence-corrected chi connectivity index (χ2v) is 7.20. The van der Waals surface area contributed by atoms with Crippen molar-refractivity contribution >= 4 is 28.8 Å². The molecule has 1 aliphatic heterocycles. The van der Waals surface area contributed by atoms with E-state index in [1.54, 1.807) is 0 Å². The van der Waals surface area contributed by atoms with Gasteiger partial charge in [-0.1, -0.05) is 0 Å². The molecule has 0 bridgehead atoms. The van der Waals surface area contributed by atoms with Crippen LogP contribution >= 0.6 is 0 Å². The lowest BCUT2D eigenvalue weighted by Crippen LogP contribution is -2.33. The fourth-order valence-electron chi connectivity index (χ4n) is 2.90. The van der Waals surface area contributed by atoms with E-state index < -0.39 is 29.5 Å². The number of oxazole rings is 1. The number of rotatable bonds is 5. The third kappa shape index (κ3) is 3.52. The van der Waals surface area contributed by atoms with Crippen molar-refractivity contribution < 1.29 is 33.1 Å². The standard InChI is InChI=1S/C17H21FN4O6/c1-17(2,3)22-13-10(18)6-9(21-8-12(14(19)24)28-16(21)25)7-11(13)27-15(22)20-26-5-4-23/h6-7,12,23H,4-5,8H2,1-3H3,(H2,19,24)/b20-15+/t12-/m1/s1. The van der Waals surface area contributed by atoms with E-state index in [1.807, 2.05) is 20.8 Å².